The molecule has 32 heavy (non-hydrogen) atoms. The summed E-state index contributed by atoms with van der Waals surface area (Å²) in [5, 5.41) is 9.15. The Labute approximate surface area is 194 Å². The van der Waals surface area contributed by atoms with Gasteiger partial charge in [-0.1, -0.05) is 82.7 Å². The largest absolute Gasteiger partial charge is 0.461 e. The standard InChI is InChI=1S/C27H19BrN2O2/c28-21-13-11-18(12-14-21)26(31)27-30-24(22-7-3-4-8-25(22)32-27)16-23(29-30)20-10-9-17-5-1-2-6-19(17)15-20/h1-15,24,27H,16H2/t24-,27-/m0/s1. The molecular formula is C27H19BrN2O2. The van der Waals surface area contributed by atoms with Crippen LogP contribution in [0.25, 0.3) is 10.8 Å². The van der Waals surface area contributed by atoms with Crippen molar-refractivity contribution >= 4 is 38.2 Å². The van der Waals surface area contributed by atoms with Gasteiger partial charge in [0.05, 0.1) is 11.8 Å². The number of carbonyl (C=O) groups excluding carboxylic acids is 1. The van der Waals surface area contributed by atoms with Crippen LogP contribution in [-0.2, 0) is 0 Å². The molecule has 0 bridgehead atoms. The summed E-state index contributed by atoms with van der Waals surface area (Å²) in [6.45, 7) is 0. The second kappa shape index (κ2) is 7.61. The molecule has 0 aliphatic carbocycles. The van der Waals surface area contributed by atoms with Gasteiger partial charge >= 0.3 is 0 Å². The van der Waals surface area contributed by atoms with Gasteiger partial charge in [-0.15, -0.1) is 0 Å². The number of para-hydroxylation sites is 1. The van der Waals surface area contributed by atoms with Crippen LogP contribution in [0.5, 0.6) is 5.75 Å². The third-order valence-electron chi connectivity index (χ3n) is 6.13. The number of ether oxygens (including phenoxy) is 1. The number of carbonyl (C=O) groups is 1. The van der Waals surface area contributed by atoms with Gasteiger partial charge in [-0.05, 0) is 40.6 Å². The van der Waals surface area contributed by atoms with Gasteiger partial charge in [0.25, 0.3) is 6.23 Å². The molecule has 0 N–H and O–H groups in total. The van der Waals surface area contributed by atoms with Gasteiger partial charge in [-0.2, -0.15) is 5.10 Å². The van der Waals surface area contributed by atoms with Gasteiger partial charge < -0.3 is 4.74 Å². The van der Waals surface area contributed by atoms with E-state index in [9.17, 15) is 4.79 Å². The molecule has 2 aliphatic rings. The lowest BCUT2D eigenvalue weighted by molar-refractivity contribution is -0.00455. The molecule has 0 saturated carbocycles. The number of hydrazone groups is 1. The molecule has 0 unspecified atom stereocenters. The molecule has 0 aromatic heterocycles. The summed E-state index contributed by atoms with van der Waals surface area (Å²) in [5.41, 5.74) is 3.71. The third kappa shape index (κ3) is 3.21. The van der Waals surface area contributed by atoms with Gasteiger partial charge in [-0.3, -0.25) is 4.79 Å². The first kappa shape index (κ1) is 19.3. The first-order valence-electron chi connectivity index (χ1n) is 10.6. The number of halogens is 1. The van der Waals surface area contributed by atoms with Crippen molar-refractivity contribution in [2.75, 3.05) is 0 Å². The molecular weight excluding hydrogens is 464 g/mol. The number of nitrogens with zero attached hydrogens (tertiary/aromatic N) is 2. The van der Waals surface area contributed by atoms with Crippen molar-refractivity contribution in [3.63, 3.8) is 0 Å². The molecule has 0 amide bonds. The maximum absolute atomic E-state index is 13.4. The van der Waals surface area contributed by atoms with Gasteiger partial charge in [0.2, 0.25) is 5.78 Å². The summed E-state index contributed by atoms with van der Waals surface area (Å²) in [4.78, 5) is 13.4. The zero-order valence-corrected chi connectivity index (χ0v) is 18.7. The van der Waals surface area contributed by atoms with Crippen molar-refractivity contribution in [1.82, 2.24) is 5.01 Å². The van der Waals surface area contributed by atoms with Crippen LogP contribution in [-0.4, -0.2) is 22.7 Å². The summed E-state index contributed by atoms with van der Waals surface area (Å²) in [6, 6.07) is 30.0. The fourth-order valence-corrected chi connectivity index (χ4v) is 4.77. The van der Waals surface area contributed by atoms with E-state index in [1.54, 1.807) is 0 Å². The van der Waals surface area contributed by atoms with E-state index in [1.807, 2.05) is 59.6 Å². The van der Waals surface area contributed by atoms with E-state index < -0.39 is 6.23 Å². The van der Waals surface area contributed by atoms with E-state index >= 15 is 0 Å². The van der Waals surface area contributed by atoms with Crippen LogP contribution in [0.15, 0.2) is 101 Å². The summed E-state index contributed by atoms with van der Waals surface area (Å²) in [6.07, 6.45) is -0.0722. The van der Waals surface area contributed by atoms with E-state index in [2.05, 4.69) is 52.3 Å². The second-order valence-electron chi connectivity index (χ2n) is 8.09. The lowest BCUT2D eigenvalue weighted by Gasteiger charge is -2.37. The van der Waals surface area contributed by atoms with Crippen LogP contribution < -0.4 is 4.74 Å². The van der Waals surface area contributed by atoms with E-state index in [4.69, 9.17) is 9.84 Å². The fourth-order valence-electron chi connectivity index (χ4n) is 4.51. The molecule has 156 valence electrons. The Morgan fingerprint density at radius 3 is 2.50 bits per heavy atom. The fraction of sp³-hybridized carbons (Fsp3) is 0.111. The van der Waals surface area contributed by atoms with Crippen molar-refractivity contribution in [3.8, 4) is 5.75 Å². The number of ketones is 1. The van der Waals surface area contributed by atoms with Crippen molar-refractivity contribution in [2.45, 2.75) is 18.7 Å². The molecule has 2 heterocycles. The minimum Gasteiger partial charge on any atom is -0.461 e. The van der Waals surface area contributed by atoms with E-state index in [-0.39, 0.29) is 11.8 Å². The highest BCUT2D eigenvalue weighted by molar-refractivity contribution is 9.10. The second-order valence-corrected chi connectivity index (χ2v) is 9.00. The highest BCUT2D eigenvalue weighted by Gasteiger charge is 2.43. The highest BCUT2D eigenvalue weighted by Crippen LogP contribution is 2.43. The molecule has 2 aliphatic heterocycles. The zero-order valence-electron chi connectivity index (χ0n) is 17.1. The number of hydrogen-bond acceptors (Lipinski definition) is 4. The zero-order chi connectivity index (χ0) is 21.7. The van der Waals surface area contributed by atoms with Gasteiger partial charge in [0.1, 0.15) is 5.75 Å². The first-order valence-corrected chi connectivity index (χ1v) is 11.4. The van der Waals surface area contributed by atoms with Crippen molar-refractivity contribution < 1.29 is 9.53 Å². The van der Waals surface area contributed by atoms with E-state index in [0.29, 0.717) is 5.56 Å². The number of fused-ring (bicyclic) bond motifs is 4. The quantitative estimate of drug-likeness (QED) is 0.319. The molecule has 0 saturated heterocycles. The van der Waals surface area contributed by atoms with Crippen molar-refractivity contribution in [3.05, 3.63) is 112 Å². The average Bonchev–Trinajstić information content (AvgIpc) is 3.29. The lowest BCUT2D eigenvalue weighted by atomic mass is 9.95. The molecule has 4 aromatic carbocycles. The minimum atomic E-state index is -0.797. The Bertz CT molecular complexity index is 1380. The Hall–Kier alpha value is -3.44. The summed E-state index contributed by atoms with van der Waals surface area (Å²) in [5.74, 6) is 0.652. The smallest absolute Gasteiger partial charge is 0.251 e. The van der Waals surface area contributed by atoms with E-state index in [0.717, 1.165) is 33.5 Å². The SMILES string of the molecule is O=C(c1ccc(Br)cc1)[C@@H]1Oc2ccccc2[C@@H]2CC(c3ccc4ccccc4c3)=NN12. The molecule has 0 radical (unpaired) electrons. The summed E-state index contributed by atoms with van der Waals surface area (Å²) >= 11 is 3.43. The highest BCUT2D eigenvalue weighted by atomic mass is 79.9. The summed E-state index contributed by atoms with van der Waals surface area (Å²) < 4.78 is 7.13. The Morgan fingerprint density at radius 2 is 1.66 bits per heavy atom. The number of rotatable bonds is 3. The van der Waals surface area contributed by atoms with E-state index in [1.165, 1.54) is 10.8 Å². The molecule has 5 heteroatoms. The van der Waals surface area contributed by atoms with Crippen LogP contribution >= 0.6 is 15.9 Å². The minimum absolute atomic E-state index is 0.0363. The van der Waals surface area contributed by atoms with Gasteiger partial charge in [0.15, 0.2) is 0 Å². The Balaban J connectivity index is 1.42. The third-order valence-corrected chi connectivity index (χ3v) is 6.66. The Kier molecular flexibility index (Phi) is 4.58. The van der Waals surface area contributed by atoms with Crippen LogP contribution in [0.3, 0.4) is 0 Å². The normalized spacial score (nSPS) is 19.2. The predicted molar refractivity (Wildman–Crippen MR) is 129 cm³/mol. The maximum atomic E-state index is 13.4. The van der Waals surface area contributed by atoms with Crippen molar-refractivity contribution in [1.29, 1.82) is 0 Å². The van der Waals surface area contributed by atoms with Gasteiger partial charge in [0, 0.05) is 22.0 Å². The number of benzene rings is 4. The molecule has 4 nitrogen and oxygen atoms in total. The number of hydrogen-bond donors (Lipinski definition) is 0. The first-order chi connectivity index (χ1) is 15.7. The monoisotopic (exact) mass is 482 g/mol. The lowest BCUT2D eigenvalue weighted by Crippen LogP contribution is -2.45. The molecule has 0 spiro atoms. The molecule has 4 aromatic rings. The van der Waals surface area contributed by atoms with Crippen LogP contribution in [0.4, 0.5) is 0 Å². The maximum Gasteiger partial charge on any atom is 0.251 e. The molecule has 6 rings (SSSR count). The van der Waals surface area contributed by atoms with Crippen LogP contribution in [0.2, 0.25) is 0 Å². The molecule has 2 atom stereocenters. The topological polar surface area (TPSA) is 41.9 Å². The van der Waals surface area contributed by atoms with Gasteiger partial charge in [-0.25, -0.2) is 5.01 Å². The molecule has 0 fully saturated rings. The van der Waals surface area contributed by atoms with Crippen molar-refractivity contribution in [2.24, 2.45) is 5.10 Å². The summed E-state index contributed by atoms with van der Waals surface area (Å²) in [7, 11) is 0. The Morgan fingerprint density at radius 1 is 0.906 bits per heavy atom. The van der Waals surface area contributed by atoms with Crippen LogP contribution in [0, 0.1) is 0 Å². The predicted octanol–water partition coefficient (Wildman–Crippen LogP) is 6.35. The van der Waals surface area contributed by atoms with Crippen LogP contribution in [0.1, 0.15) is 33.9 Å². The number of Topliss-reactive ketones (excluding diaryl/α,β-unsaturated/α-hetero) is 1. The average molecular weight is 483 g/mol.